The molecule has 0 unspecified atom stereocenters. The van der Waals surface area contributed by atoms with Gasteiger partial charge in [0.2, 0.25) is 5.78 Å². The summed E-state index contributed by atoms with van der Waals surface area (Å²) in [5, 5.41) is 0. The molecule has 3 heteroatoms. The quantitative estimate of drug-likeness (QED) is 0.577. The standard InChI is InChI=1S/C13H10N2O/c16-13(12-5-1-2-9-15-12)7-6-11-4-3-8-14-10-11/h1-10H/b7-6+. The molecule has 0 aliphatic heterocycles. The number of rotatable bonds is 3. The molecule has 0 aliphatic rings. The largest absolute Gasteiger partial charge is 0.288 e. The Bertz CT molecular complexity index is 492. The molecule has 0 bridgehead atoms. The maximum absolute atomic E-state index is 11.6. The number of nitrogens with zero attached hydrogens (tertiary/aromatic N) is 2. The number of carbonyl (C=O) groups is 1. The average Bonchev–Trinajstić information content (AvgIpc) is 2.38. The van der Waals surface area contributed by atoms with Crippen molar-refractivity contribution in [2.24, 2.45) is 0 Å². The Balaban J connectivity index is 2.12. The molecule has 0 spiro atoms. The van der Waals surface area contributed by atoms with E-state index in [1.165, 1.54) is 6.08 Å². The smallest absolute Gasteiger partial charge is 0.204 e. The van der Waals surface area contributed by atoms with Crippen LogP contribution in [0.25, 0.3) is 6.08 Å². The normalized spacial score (nSPS) is 10.5. The van der Waals surface area contributed by atoms with Crippen molar-refractivity contribution >= 4 is 11.9 Å². The molecule has 2 aromatic rings. The van der Waals surface area contributed by atoms with E-state index in [0.29, 0.717) is 5.69 Å². The number of aromatic nitrogens is 2. The van der Waals surface area contributed by atoms with Gasteiger partial charge >= 0.3 is 0 Å². The Morgan fingerprint density at radius 2 is 2.06 bits per heavy atom. The maximum Gasteiger partial charge on any atom is 0.204 e. The Morgan fingerprint density at radius 1 is 1.12 bits per heavy atom. The van der Waals surface area contributed by atoms with E-state index in [1.54, 1.807) is 42.9 Å². The number of hydrogen-bond acceptors (Lipinski definition) is 3. The van der Waals surface area contributed by atoms with E-state index in [4.69, 9.17) is 0 Å². The highest BCUT2D eigenvalue weighted by atomic mass is 16.1. The molecular weight excluding hydrogens is 200 g/mol. The second-order valence-corrected chi connectivity index (χ2v) is 3.20. The van der Waals surface area contributed by atoms with Crippen LogP contribution in [0.2, 0.25) is 0 Å². The molecule has 0 radical (unpaired) electrons. The molecule has 3 nitrogen and oxygen atoms in total. The van der Waals surface area contributed by atoms with Crippen LogP contribution in [0.1, 0.15) is 16.1 Å². The fourth-order valence-electron chi connectivity index (χ4n) is 1.24. The van der Waals surface area contributed by atoms with Crippen molar-refractivity contribution in [3.8, 4) is 0 Å². The predicted molar refractivity (Wildman–Crippen MR) is 61.8 cm³/mol. The highest BCUT2D eigenvalue weighted by Crippen LogP contribution is 2.02. The van der Waals surface area contributed by atoms with Gasteiger partial charge in [-0.2, -0.15) is 0 Å². The number of allylic oxidation sites excluding steroid dienone is 1. The third-order valence-corrected chi connectivity index (χ3v) is 2.03. The predicted octanol–water partition coefficient (Wildman–Crippen LogP) is 2.37. The molecule has 0 aliphatic carbocycles. The summed E-state index contributed by atoms with van der Waals surface area (Å²) in [5.74, 6) is -0.107. The van der Waals surface area contributed by atoms with Gasteiger partial charge in [-0.05, 0) is 35.9 Å². The van der Waals surface area contributed by atoms with E-state index in [1.807, 2.05) is 12.1 Å². The first-order chi connectivity index (χ1) is 7.86. The summed E-state index contributed by atoms with van der Waals surface area (Å²) in [5.41, 5.74) is 1.34. The van der Waals surface area contributed by atoms with Gasteiger partial charge < -0.3 is 0 Å². The van der Waals surface area contributed by atoms with Crippen LogP contribution in [0.4, 0.5) is 0 Å². The summed E-state index contributed by atoms with van der Waals surface area (Å²) in [7, 11) is 0. The van der Waals surface area contributed by atoms with E-state index >= 15 is 0 Å². The third-order valence-electron chi connectivity index (χ3n) is 2.03. The molecule has 2 heterocycles. The van der Waals surface area contributed by atoms with Crippen molar-refractivity contribution < 1.29 is 4.79 Å². The molecule has 16 heavy (non-hydrogen) atoms. The van der Waals surface area contributed by atoms with Crippen LogP contribution in [0.15, 0.2) is 55.0 Å². The van der Waals surface area contributed by atoms with Crippen molar-refractivity contribution in [3.05, 3.63) is 66.3 Å². The molecule has 2 aromatic heterocycles. The van der Waals surface area contributed by atoms with Gasteiger partial charge in [0.15, 0.2) is 0 Å². The SMILES string of the molecule is O=C(/C=C/c1cccnc1)c1ccccn1. The molecule has 0 amide bonds. The van der Waals surface area contributed by atoms with Crippen LogP contribution < -0.4 is 0 Å². The number of ketones is 1. The van der Waals surface area contributed by atoms with E-state index in [9.17, 15) is 4.79 Å². The van der Waals surface area contributed by atoms with Crippen LogP contribution in [-0.2, 0) is 0 Å². The minimum absolute atomic E-state index is 0.107. The van der Waals surface area contributed by atoms with E-state index < -0.39 is 0 Å². The molecule has 0 atom stereocenters. The van der Waals surface area contributed by atoms with Crippen LogP contribution in [0.3, 0.4) is 0 Å². The summed E-state index contributed by atoms with van der Waals surface area (Å²) >= 11 is 0. The Labute approximate surface area is 93.5 Å². The summed E-state index contributed by atoms with van der Waals surface area (Å²) < 4.78 is 0. The van der Waals surface area contributed by atoms with Crippen LogP contribution in [0, 0.1) is 0 Å². The molecule has 0 aromatic carbocycles. The van der Waals surface area contributed by atoms with Gasteiger partial charge in [-0.25, -0.2) is 0 Å². The van der Waals surface area contributed by atoms with Crippen molar-refractivity contribution in [1.29, 1.82) is 0 Å². The van der Waals surface area contributed by atoms with Gasteiger partial charge in [-0.3, -0.25) is 14.8 Å². The first kappa shape index (κ1) is 10.2. The summed E-state index contributed by atoms with van der Waals surface area (Å²) in [6.45, 7) is 0. The highest BCUT2D eigenvalue weighted by molar-refractivity contribution is 6.05. The second kappa shape index (κ2) is 4.98. The Kier molecular flexibility index (Phi) is 3.18. The van der Waals surface area contributed by atoms with Gasteiger partial charge in [-0.1, -0.05) is 12.1 Å². The topological polar surface area (TPSA) is 42.9 Å². The molecular formula is C13H10N2O. The minimum Gasteiger partial charge on any atom is -0.288 e. The molecule has 0 saturated heterocycles. The fraction of sp³-hybridized carbons (Fsp3) is 0. The first-order valence-corrected chi connectivity index (χ1v) is 4.90. The van der Waals surface area contributed by atoms with Gasteiger partial charge in [0.05, 0.1) is 0 Å². The lowest BCUT2D eigenvalue weighted by Gasteiger charge is -1.93. The minimum atomic E-state index is -0.107. The zero-order chi connectivity index (χ0) is 11.2. The second-order valence-electron chi connectivity index (χ2n) is 3.20. The molecule has 0 N–H and O–H groups in total. The van der Waals surface area contributed by atoms with Gasteiger partial charge in [0, 0.05) is 18.6 Å². The van der Waals surface area contributed by atoms with Crippen molar-refractivity contribution in [2.75, 3.05) is 0 Å². The number of carbonyl (C=O) groups excluding carboxylic acids is 1. The summed E-state index contributed by atoms with van der Waals surface area (Å²) in [6.07, 6.45) is 8.22. The fourth-order valence-corrected chi connectivity index (χ4v) is 1.24. The van der Waals surface area contributed by atoms with Crippen LogP contribution in [0.5, 0.6) is 0 Å². The Morgan fingerprint density at radius 3 is 2.75 bits per heavy atom. The number of hydrogen-bond donors (Lipinski definition) is 0. The number of pyridine rings is 2. The first-order valence-electron chi connectivity index (χ1n) is 4.90. The van der Waals surface area contributed by atoms with E-state index in [0.717, 1.165) is 5.56 Å². The van der Waals surface area contributed by atoms with Gasteiger partial charge in [0.25, 0.3) is 0 Å². The monoisotopic (exact) mass is 210 g/mol. The van der Waals surface area contributed by atoms with Gasteiger partial charge in [0.1, 0.15) is 5.69 Å². The third kappa shape index (κ3) is 2.60. The Hall–Kier alpha value is -2.29. The van der Waals surface area contributed by atoms with Crippen molar-refractivity contribution in [3.63, 3.8) is 0 Å². The highest BCUT2D eigenvalue weighted by Gasteiger charge is 2.00. The molecule has 78 valence electrons. The zero-order valence-electron chi connectivity index (χ0n) is 8.58. The summed E-state index contributed by atoms with van der Waals surface area (Å²) in [6, 6.07) is 8.97. The molecule has 2 rings (SSSR count). The maximum atomic E-state index is 11.6. The van der Waals surface area contributed by atoms with Crippen LogP contribution in [-0.4, -0.2) is 15.8 Å². The average molecular weight is 210 g/mol. The van der Waals surface area contributed by atoms with Crippen LogP contribution >= 0.6 is 0 Å². The van der Waals surface area contributed by atoms with Gasteiger partial charge in [-0.15, -0.1) is 0 Å². The van der Waals surface area contributed by atoms with E-state index in [2.05, 4.69) is 9.97 Å². The molecule has 0 fully saturated rings. The van der Waals surface area contributed by atoms with E-state index in [-0.39, 0.29) is 5.78 Å². The summed E-state index contributed by atoms with van der Waals surface area (Å²) in [4.78, 5) is 19.6. The lowest BCUT2D eigenvalue weighted by Crippen LogP contribution is -1.96. The van der Waals surface area contributed by atoms with Crippen molar-refractivity contribution in [2.45, 2.75) is 0 Å². The molecule has 0 saturated carbocycles. The van der Waals surface area contributed by atoms with Crippen molar-refractivity contribution in [1.82, 2.24) is 9.97 Å². The lowest BCUT2D eigenvalue weighted by atomic mass is 10.2. The lowest BCUT2D eigenvalue weighted by molar-refractivity contribution is 0.104. The zero-order valence-corrected chi connectivity index (χ0v) is 8.58.